The highest BCUT2D eigenvalue weighted by Gasteiger charge is 2.12. The summed E-state index contributed by atoms with van der Waals surface area (Å²) in [5.74, 6) is -2.26. The van der Waals surface area contributed by atoms with Gasteiger partial charge in [-0.15, -0.1) is 0 Å². The molecule has 2 rings (SSSR count). The molecule has 1 unspecified atom stereocenters. The van der Waals surface area contributed by atoms with Crippen molar-refractivity contribution in [3.63, 3.8) is 0 Å². The summed E-state index contributed by atoms with van der Waals surface area (Å²) in [7, 11) is 0. The number of aliphatic hydroxyl groups is 1. The maximum Gasteiger partial charge on any atom is 0.200 e. The van der Waals surface area contributed by atoms with Crippen LogP contribution in [-0.4, -0.2) is 11.7 Å². The molecule has 5 heteroatoms. The van der Waals surface area contributed by atoms with Crippen molar-refractivity contribution in [3.8, 4) is 5.75 Å². The molecule has 0 heterocycles. The highest BCUT2D eigenvalue weighted by Crippen LogP contribution is 2.21. The lowest BCUT2D eigenvalue weighted by Crippen LogP contribution is -2.11. The third kappa shape index (κ3) is 3.31. The van der Waals surface area contributed by atoms with Gasteiger partial charge in [-0.25, -0.2) is 4.39 Å². The van der Waals surface area contributed by atoms with E-state index in [1.165, 1.54) is 12.1 Å². The van der Waals surface area contributed by atoms with Crippen molar-refractivity contribution < 1.29 is 18.6 Å². The molecule has 0 aliphatic rings. The topological polar surface area (TPSA) is 55.5 Å². The molecule has 0 aliphatic heterocycles. The minimum atomic E-state index is -1.06. The van der Waals surface area contributed by atoms with E-state index in [4.69, 9.17) is 10.5 Å². The fourth-order valence-electron chi connectivity index (χ4n) is 1.74. The smallest absolute Gasteiger partial charge is 0.200 e. The molecule has 0 aliphatic carbocycles. The SMILES string of the molecule is NCc1ccc(C(O)COc2cccc(F)c2F)cc1. The minimum Gasteiger partial charge on any atom is -0.487 e. The van der Waals surface area contributed by atoms with Gasteiger partial charge in [0, 0.05) is 6.54 Å². The Morgan fingerprint density at radius 1 is 1.10 bits per heavy atom. The number of nitrogens with two attached hydrogens (primary N) is 1. The van der Waals surface area contributed by atoms with Crippen LogP contribution in [0.2, 0.25) is 0 Å². The minimum absolute atomic E-state index is 0.164. The Kier molecular flexibility index (Phi) is 4.65. The molecule has 0 aromatic heterocycles. The molecule has 0 bridgehead atoms. The molecule has 2 aromatic rings. The van der Waals surface area contributed by atoms with E-state index in [0.29, 0.717) is 12.1 Å². The van der Waals surface area contributed by atoms with E-state index in [1.807, 2.05) is 0 Å². The zero-order chi connectivity index (χ0) is 14.5. The average molecular weight is 279 g/mol. The Hall–Kier alpha value is -1.98. The molecule has 0 amide bonds. The van der Waals surface area contributed by atoms with E-state index in [2.05, 4.69) is 0 Å². The second-order valence-corrected chi connectivity index (χ2v) is 4.32. The van der Waals surface area contributed by atoms with Crippen LogP contribution >= 0.6 is 0 Å². The highest BCUT2D eigenvalue weighted by atomic mass is 19.2. The van der Waals surface area contributed by atoms with Gasteiger partial charge in [-0.2, -0.15) is 4.39 Å². The molecule has 106 valence electrons. The molecule has 1 atom stereocenters. The lowest BCUT2D eigenvalue weighted by molar-refractivity contribution is 0.105. The Morgan fingerprint density at radius 2 is 1.80 bits per heavy atom. The molecule has 0 saturated heterocycles. The molecule has 3 nitrogen and oxygen atoms in total. The number of aliphatic hydroxyl groups excluding tert-OH is 1. The summed E-state index contributed by atoms with van der Waals surface area (Å²) in [6.07, 6.45) is -0.926. The third-order valence-corrected chi connectivity index (χ3v) is 2.91. The van der Waals surface area contributed by atoms with Crippen LogP contribution in [0, 0.1) is 11.6 Å². The second kappa shape index (κ2) is 6.45. The molecule has 2 aromatic carbocycles. The van der Waals surface area contributed by atoms with Crippen molar-refractivity contribution in [3.05, 3.63) is 65.2 Å². The fourth-order valence-corrected chi connectivity index (χ4v) is 1.74. The molecular formula is C15H15F2NO2. The van der Waals surface area contributed by atoms with Gasteiger partial charge in [0.1, 0.15) is 12.7 Å². The molecule has 3 N–H and O–H groups in total. The van der Waals surface area contributed by atoms with Crippen LogP contribution in [0.25, 0.3) is 0 Å². The van der Waals surface area contributed by atoms with E-state index < -0.39 is 17.7 Å². The summed E-state index contributed by atoms with van der Waals surface area (Å²) < 4.78 is 31.4. The first-order valence-corrected chi connectivity index (χ1v) is 6.15. The van der Waals surface area contributed by atoms with Crippen LogP contribution in [0.5, 0.6) is 5.75 Å². The lowest BCUT2D eigenvalue weighted by atomic mass is 10.1. The summed E-state index contributed by atoms with van der Waals surface area (Å²) in [6, 6.07) is 10.7. The number of hydrogen-bond donors (Lipinski definition) is 2. The van der Waals surface area contributed by atoms with Crippen molar-refractivity contribution in [2.45, 2.75) is 12.6 Å². The Balaban J connectivity index is 2.00. The van der Waals surface area contributed by atoms with Gasteiger partial charge < -0.3 is 15.6 Å². The maximum atomic E-state index is 13.4. The van der Waals surface area contributed by atoms with Crippen LogP contribution in [0.4, 0.5) is 8.78 Å². The van der Waals surface area contributed by atoms with Crippen LogP contribution in [0.3, 0.4) is 0 Å². The predicted octanol–water partition coefficient (Wildman–Crippen LogP) is 2.54. The molecular weight excluding hydrogens is 264 g/mol. The van der Waals surface area contributed by atoms with Crippen molar-refractivity contribution in [2.75, 3.05) is 6.61 Å². The normalized spacial score (nSPS) is 12.2. The van der Waals surface area contributed by atoms with Crippen LogP contribution < -0.4 is 10.5 Å². The van der Waals surface area contributed by atoms with Crippen molar-refractivity contribution in [1.82, 2.24) is 0 Å². The van der Waals surface area contributed by atoms with Gasteiger partial charge in [0.05, 0.1) is 0 Å². The van der Waals surface area contributed by atoms with E-state index in [1.54, 1.807) is 24.3 Å². The fraction of sp³-hybridized carbons (Fsp3) is 0.200. The molecule has 20 heavy (non-hydrogen) atoms. The van der Waals surface area contributed by atoms with Gasteiger partial charge in [0.2, 0.25) is 5.82 Å². The first kappa shape index (κ1) is 14.4. The van der Waals surface area contributed by atoms with E-state index in [0.717, 1.165) is 11.6 Å². The number of ether oxygens (including phenoxy) is 1. The third-order valence-electron chi connectivity index (χ3n) is 2.91. The van der Waals surface area contributed by atoms with Crippen LogP contribution in [0.15, 0.2) is 42.5 Å². The van der Waals surface area contributed by atoms with Crippen molar-refractivity contribution >= 4 is 0 Å². The monoisotopic (exact) mass is 279 g/mol. The van der Waals surface area contributed by atoms with Gasteiger partial charge in [0.25, 0.3) is 0 Å². The maximum absolute atomic E-state index is 13.4. The zero-order valence-electron chi connectivity index (χ0n) is 10.7. The van der Waals surface area contributed by atoms with E-state index in [-0.39, 0.29) is 12.4 Å². The molecule has 0 spiro atoms. The van der Waals surface area contributed by atoms with Gasteiger partial charge in [0.15, 0.2) is 11.6 Å². The van der Waals surface area contributed by atoms with E-state index in [9.17, 15) is 13.9 Å². The van der Waals surface area contributed by atoms with E-state index >= 15 is 0 Å². The first-order chi connectivity index (χ1) is 9.61. The number of halogens is 2. The predicted molar refractivity (Wildman–Crippen MR) is 71.1 cm³/mol. The Morgan fingerprint density at radius 3 is 2.45 bits per heavy atom. The average Bonchev–Trinajstić information content (AvgIpc) is 2.48. The lowest BCUT2D eigenvalue weighted by Gasteiger charge is -2.13. The van der Waals surface area contributed by atoms with Gasteiger partial charge >= 0.3 is 0 Å². The molecule has 0 saturated carbocycles. The van der Waals surface area contributed by atoms with Gasteiger partial charge in [-0.3, -0.25) is 0 Å². The summed E-state index contributed by atoms with van der Waals surface area (Å²) in [6.45, 7) is 0.254. The Labute approximate surface area is 115 Å². The first-order valence-electron chi connectivity index (χ1n) is 6.15. The highest BCUT2D eigenvalue weighted by molar-refractivity contribution is 5.26. The quantitative estimate of drug-likeness (QED) is 0.884. The summed E-state index contributed by atoms with van der Waals surface area (Å²) in [5.41, 5.74) is 7.04. The number of hydrogen-bond acceptors (Lipinski definition) is 3. The van der Waals surface area contributed by atoms with Crippen molar-refractivity contribution in [2.24, 2.45) is 5.73 Å². The van der Waals surface area contributed by atoms with Crippen LogP contribution in [-0.2, 0) is 6.54 Å². The zero-order valence-corrected chi connectivity index (χ0v) is 10.7. The van der Waals surface area contributed by atoms with Gasteiger partial charge in [-0.05, 0) is 23.3 Å². The number of rotatable bonds is 5. The largest absolute Gasteiger partial charge is 0.487 e. The summed E-state index contributed by atoms with van der Waals surface area (Å²) in [5, 5.41) is 9.93. The second-order valence-electron chi connectivity index (χ2n) is 4.32. The summed E-state index contributed by atoms with van der Waals surface area (Å²) >= 11 is 0. The van der Waals surface area contributed by atoms with Crippen LogP contribution in [0.1, 0.15) is 17.2 Å². The number of benzene rings is 2. The molecule has 0 fully saturated rings. The standard InChI is InChI=1S/C15H15F2NO2/c16-12-2-1-3-14(15(12)17)20-9-13(19)11-6-4-10(8-18)5-7-11/h1-7,13,19H,8-9,18H2. The van der Waals surface area contributed by atoms with Crippen molar-refractivity contribution in [1.29, 1.82) is 0 Å². The summed E-state index contributed by atoms with van der Waals surface area (Å²) in [4.78, 5) is 0. The Bertz CT molecular complexity index is 573. The van der Waals surface area contributed by atoms with Gasteiger partial charge in [-0.1, -0.05) is 30.3 Å². The molecule has 0 radical (unpaired) electrons.